The van der Waals surface area contributed by atoms with Gasteiger partial charge in [-0.1, -0.05) is 35.3 Å². The van der Waals surface area contributed by atoms with E-state index >= 15 is 0 Å². The summed E-state index contributed by atoms with van der Waals surface area (Å²) in [6.07, 6.45) is 0.962. The van der Waals surface area contributed by atoms with Crippen LogP contribution in [-0.4, -0.2) is 48.1 Å². The molecule has 0 radical (unpaired) electrons. The van der Waals surface area contributed by atoms with Crippen molar-refractivity contribution < 1.29 is 14.3 Å². The predicted octanol–water partition coefficient (Wildman–Crippen LogP) is 3.54. The highest BCUT2D eigenvalue weighted by Crippen LogP contribution is 2.49. The molecule has 29 heavy (non-hydrogen) atoms. The first-order valence-electron chi connectivity index (χ1n) is 9.51. The Morgan fingerprint density at radius 2 is 1.59 bits per heavy atom. The Morgan fingerprint density at radius 1 is 0.897 bits per heavy atom. The van der Waals surface area contributed by atoms with Crippen molar-refractivity contribution in [1.29, 1.82) is 0 Å². The zero-order valence-electron chi connectivity index (χ0n) is 15.7. The van der Waals surface area contributed by atoms with Gasteiger partial charge in [0.2, 0.25) is 5.91 Å². The third-order valence-corrected chi connectivity index (χ3v) is 6.76. The van der Waals surface area contributed by atoms with Crippen LogP contribution in [-0.2, 0) is 9.59 Å². The van der Waals surface area contributed by atoms with Gasteiger partial charge in [-0.3, -0.25) is 9.59 Å². The van der Waals surface area contributed by atoms with Gasteiger partial charge in [-0.2, -0.15) is 0 Å². The molecule has 3 atom stereocenters. The van der Waals surface area contributed by atoms with Crippen LogP contribution in [0.4, 0.5) is 5.69 Å². The van der Waals surface area contributed by atoms with E-state index in [4.69, 9.17) is 27.9 Å². The molecule has 0 saturated carbocycles. The molecular formula is C21H19Cl2N3O3. The second kappa shape index (κ2) is 6.99. The lowest BCUT2D eigenvalue weighted by Gasteiger charge is -2.29. The summed E-state index contributed by atoms with van der Waals surface area (Å²) in [7, 11) is 1.62. The Morgan fingerprint density at radius 3 is 2.24 bits per heavy atom. The molecule has 0 aromatic heterocycles. The molecule has 3 aliphatic heterocycles. The number of carbonyl (C=O) groups is 2. The minimum atomic E-state index is -0.494. The number of amides is 2. The minimum absolute atomic E-state index is 0.183. The van der Waals surface area contributed by atoms with E-state index < -0.39 is 12.0 Å². The fourth-order valence-electron chi connectivity index (χ4n) is 4.79. The summed E-state index contributed by atoms with van der Waals surface area (Å²) >= 11 is 12.2. The molecule has 3 saturated heterocycles. The van der Waals surface area contributed by atoms with Gasteiger partial charge in [0.15, 0.2) is 0 Å². The number of hydrazine groups is 1. The Balaban J connectivity index is 1.56. The van der Waals surface area contributed by atoms with Crippen LogP contribution in [0.2, 0.25) is 10.0 Å². The Hall–Kier alpha value is -2.12. The van der Waals surface area contributed by atoms with Crippen LogP contribution in [0.1, 0.15) is 18.0 Å². The molecule has 2 amide bonds. The Labute approximate surface area is 178 Å². The van der Waals surface area contributed by atoms with Crippen LogP contribution in [0.25, 0.3) is 0 Å². The quantitative estimate of drug-likeness (QED) is 0.695. The van der Waals surface area contributed by atoms with E-state index in [0.29, 0.717) is 15.7 Å². The second-order valence-corrected chi connectivity index (χ2v) is 8.29. The zero-order chi connectivity index (χ0) is 20.3. The lowest BCUT2D eigenvalue weighted by Crippen LogP contribution is -2.44. The maximum Gasteiger partial charge on any atom is 0.253 e. The molecule has 3 heterocycles. The highest BCUT2D eigenvalue weighted by molar-refractivity contribution is 6.42. The Bertz CT molecular complexity index is 997. The Kier molecular flexibility index (Phi) is 4.55. The summed E-state index contributed by atoms with van der Waals surface area (Å²) in [5, 5.41) is 4.95. The van der Waals surface area contributed by atoms with Crippen molar-refractivity contribution in [2.45, 2.75) is 18.5 Å². The van der Waals surface area contributed by atoms with E-state index in [9.17, 15) is 9.59 Å². The van der Waals surface area contributed by atoms with Gasteiger partial charge in [0.05, 0.1) is 34.8 Å². The summed E-state index contributed by atoms with van der Waals surface area (Å²) in [4.78, 5) is 28.1. The van der Waals surface area contributed by atoms with E-state index in [1.54, 1.807) is 25.3 Å². The van der Waals surface area contributed by atoms with E-state index in [1.165, 1.54) is 4.90 Å². The molecular weight excluding hydrogens is 413 g/mol. The number of ether oxygens (including phenoxy) is 1. The van der Waals surface area contributed by atoms with Gasteiger partial charge in [0.25, 0.3) is 5.91 Å². The number of nitrogens with zero attached hydrogens (tertiary/aromatic N) is 3. The maximum atomic E-state index is 13.5. The van der Waals surface area contributed by atoms with Crippen molar-refractivity contribution in [3.8, 4) is 5.75 Å². The first-order valence-corrected chi connectivity index (χ1v) is 10.3. The number of methoxy groups -OCH3 is 1. The molecule has 8 heteroatoms. The van der Waals surface area contributed by atoms with Crippen LogP contribution in [0.5, 0.6) is 5.75 Å². The van der Waals surface area contributed by atoms with Gasteiger partial charge in [0.1, 0.15) is 11.8 Å². The predicted molar refractivity (Wildman–Crippen MR) is 110 cm³/mol. The van der Waals surface area contributed by atoms with Crippen molar-refractivity contribution in [2.24, 2.45) is 5.92 Å². The number of rotatable bonds is 3. The number of hydrogen-bond acceptors (Lipinski definition) is 5. The number of hydrogen-bond donors (Lipinski definition) is 0. The van der Waals surface area contributed by atoms with Gasteiger partial charge in [-0.25, -0.2) is 14.9 Å². The summed E-state index contributed by atoms with van der Waals surface area (Å²) in [6, 6.07) is 11.9. The van der Waals surface area contributed by atoms with Crippen molar-refractivity contribution in [3.05, 3.63) is 58.1 Å². The topological polar surface area (TPSA) is 53.1 Å². The van der Waals surface area contributed by atoms with Crippen LogP contribution in [0, 0.1) is 5.92 Å². The van der Waals surface area contributed by atoms with E-state index in [2.05, 4.69) is 10.0 Å². The fraction of sp³-hybridized carbons (Fsp3) is 0.333. The van der Waals surface area contributed by atoms with Crippen LogP contribution < -0.4 is 9.64 Å². The van der Waals surface area contributed by atoms with Gasteiger partial charge >= 0.3 is 0 Å². The number of anilines is 1. The van der Waals surface area contributed by atoms with E-state index in [-0.39, 0.29) is 17.9 Å². The van der Waals surface area contributed by atoms with Crippen molar-refractivity contribution in [2.75, 3.05) is 25.1 Å². The number of fused-ring (bicyclic) bond motifs is 3. The smallest absolute Gasteiger partial charge is 0.253 e. The summed E-state index contributed by atoms with van der Waals surface area (Å²) in [5.41, 5.74) is 1.46. The second-order valence-electron chi connectivity index (χ2n) is 7.48. The number of imide groups is 1. The van der Waals surface area contributed by atoms with Gasteiger partial charge in [-0.15, -0.1) is 0 Å². The van der Waals surface area contributed by atoms with Gasteiger partial charge in [0, 0.05) is 13.1 Å². The molecule has 5 rings (SSSR count). The summed E-state index contributed by atoms with van der Waals surface area (Å²) < 4.78 is 5.26. The first kappa shape index (κ1) is 18.9. The van der Waals surface area contributed by atoms with Gasteiger partial charge in [-0.05, 0) is 42.3 Å². The molecule has 0 unspecified atom stereocenters. The molecule has 6 nitrogen and oxygen atoms in total. The van der Waals surface area contributed by atoms with Crippen LogP contribution in [0.3, 0.4) is 0 Å². The molecule has 2 aromatic carbocycles. The molecule has 3 fully saturated rings. The molecule has 0 spiro atoms. The number of benzene rings is 2. The number of halogens is 2. The van der Waals surface area contributed by atoms with Crippen molar-refractivity contribution in [3.63, 3.8) is 0 Å². The average Bonchev–Trinajstić information content (AvgIpc) is 3.37. The van der Waals surface area contributed by atoms with Crippen LogP contribution >= 0.6 is 23.2 Å². The lowest BCUT2D eigenvalue weighted by molar-refractivity contribution is -0.126. The van der Waals surface area contributed by atoms with Crippen LogP contribution in [0.15, 0.2) is 42.5 Å². The fourth-order valence-corrected chi connectivity index (χ4v) is 5.09. The van der Waals surface area contributed by atoms with Gasteiger partial charge < -0.3 is 4.74 Å². The molecule has 2 aromatic rings. The van der Waals surface area contributed by atoms with Crippen molar-refractivity contribution in [1.82, 2.24) is 10.0 Å². The maximum absolute atomic E-state index is 13.5. The van der Waals surface area contributed by atoms with E-state index in [0.717, 1.165) is 30.8 Å². The molecule has 0 bridgehead atoms. The summed E-state index contributed by atoms with van der Waals surface area (Å²) in [6.45, 7) is 1.60. The highest BCUT2D eigenvalue weighted by atomic mass is 35.5. The third kappa shape index (κ3) is 2.78. The monoisotopic (exact) mass is 431 g/mol. The third-order valence-electron chi connectivity index (χ3n) is 6.02. The highest BCUT2D eigenvalue weighted by Gasteiger charge is 2.62. The molecule has 150 valence electrons. The average molecular weight is 432 g/mol. The molecule has 0 aliphatic carbocycles. The zero-order valence-corrected chi connectivity index (χ0v) is 17.2. The largest absolute Gasteiger partial charge is 0.497 e. The molecule has 3 aliphatic rings. The minimum Gasteiger partial charge on any atom is -0.497 e. The normalized spacial score (nSPS) is 26.9. The first-order chi connectivity index (χ1) is 14.0. The lowest BCUT2D eigenvalue weighted by atomic mass is 9.90. The number of carbonyl (C=O) groups excluding carboxylic acids is 2. The SMILES string of the molecule is COc1ccc([C@@H]2[C@@H]3C(=O)N(c4ccc(Cl)c(Cl)c4)C(=O)[C@H]3N3CCCN23)cc1. The standard InChI is InChI=1S/C21H19Cl2N3O3/c1-29-14-6-3-12(4-7-14)18-17-19(25-10-2-9-24(18)25)21(28)26(20(17)27)13-5-8-15(22)16(23)11-13/h3-8,11,17-19H,2,9-10H2,1H3/t17-,18+,19-/m0/s1. The van der Waals surface area contributed by atoms with E-state index in [1.807, 2.05) is 24.3 Å². The molecule has 0 N–H and O–H groups in total. The van der Waals surface area contributed by atoms with Crippen molar-refractivity contribution >= 4 is 40.7 Å². The summed E-state index contributed by atoms with van der Waals surface area (Å²) in [5.74, 6) is -0.117.